The lowest BCUT2D eigenvalue weighted by Gasteiger charge is -2.51. The Morgan fingerprint density at radius 3 is 1.24 bits per heavy atom. The highest BCUT2D eigenvalue weighted by Crippen LogP contribution is 2.41. The lowest BCUT2D eigenvalue weighted by atomic mass is 9.88. The Morgan fingerprint density at radius 2 is 0.770 bits per heavy atom. The molecule has 9 aliphatic heterocycles. The van der Waals surface area contributed by atoms with Gasteiger partial charge in [0.25, 0.3) is 5.79 Å². The number of nitrogens with one attached hydrogen (secondary N) is 3. The van der Waals surface area contributed by atoms with Crippen molar-refractivity contribution < 1.29 is 232 Å². The van der Waals surface area contributed by atoms with Crippen LogP contribution in [0.3, 0.4) is 0 Å². The highest BCUT2D eigenvalue weighted by atomic mass is 16.8. The zero-order valence-electron chi connectivity index (χ0n) is 60.8. The molecule has 3 amide bonds. The number of aliphatic hydroxyl groups is 25. The lowest BCUT2D eigenvalue weighted by Crippen LogP contribution is -2.70. The van der Waals surface area contributed by atoms with Gasteiger partial charge in [-0.2, -0.15) is 0 Å². The Hall–Kier alpha value is -3.80. The zero-order chi connectivity index (χ0) is 83.6. The van der Waals surface area contributed by atoms with E-state index in [2.05, 4.69) is 16.0 Å². The summed E-state index contributed by atoms with van der Waals surface area (Å²) in [6, 6.07) is -5.91. The normalized spacial score (nSPS) is 49.2. The van der Waals surface area contributed by atoms with Crippen molar-refractivity contribution in [1.82, 2.24) is 16.0 Å². The van der Waals surface area contributed by atoms with Gasteiger partial charge < -0.3 is 229 Å². The second kappa shape index (κ2) is 39.6. The van der Waals surface area contributed by atoms with E-state index in [4.69, 9.17) is 80.5 Å². The third-order valence-corrected chi connectivity index (χ3v) is 20.9. The number of ether oxygens (including phenoxy) is 17. The molecule has 0 unspecified atom stereocenters. The van der Waals surface area contributed by atoms with Gasteiger partial charge in [-0.3, -0.25) is 14.4 Å². The smallest absolute Gasteiger partial charge is 0.364 e. The van der Waals surface area contributed by atoms with Gasteiger partial charge in [0.15, 0.2) is 50.3 Å². The summed E-state index contributed by atoms with van der Waals surface area (Å²) < 4.78 is 100. The second-order valence-electron chi connectivity index (χ2n) is 28.9. The SMILES string of the molecule is CC(=O)N[C@H]1[C@H](OC[C@H]2O[C@@H](O[C@H]3[C@H](O)[C@@H](O)[C@H](O)O[C@@H]3CO)[C@H](O)[C@@H](O[C@@H]3O[C@H](CO)[C@@H](O[C@@H]4O[C@H](CO)[C@H](O)[C@H](O)[C@H]4O[C@@H]4O[C@@H](C)[C@@H](O)[C@@H](O)[C@@H]4O)[C@H](O)[C@H]3NC(C)=O)[C@H]2O)O[C@H](CO[C@]2(C(=O)O)C[C@H](O)[C@@H](NC(C)=O)[C@H]([C@H](O)[C@H](O)CO)O2)[C@@H](O[C@@H]2O[C@H](CO)[C@H](O)[C@H](O)[C@H]2O[C@@H]2O[C@@H](C)[C@@H](O)[C@@H](O)[C@@H]2O)[C@@H]1O. The molecule has 0 aliphatic carbocycles. The van der Waals surface area contributed by atoms with Crippen LogP contribution in [0.15, 0.2) is 0 Å². The van der Waals surface area contributed by atoms with Crippen molar-refractivity contribution in [2.75, 3.05) is 46.2 Å². The molecule has 50 heteroatoms. The molecule has 0 saturated carbocycles. The third-order valence-electron chi connectivity index (χ3n) is 20.9. The van der Waals surface area contributed by atoms with Gasteiger partial charge >= 0.3 is 5.97 Å². The summed E-state index contributed by atoms with van der Waals surface area (Å²) in [6.45, 7) is -3.11. The number of carboxylic acid groups (broad SMARTS) is 1. The summed E-state index contributed by atoms with van der Waals surface area (Å²) in [6.07, 6.45) is -89.2. The molecular formula is C63H105N3O47. The summed E-state index contributed by atoms with van der Waals surface area (Å²) >= 11 is 0. The van der Waals surface area contributed by atoms with Crippen LogP contribution in [0, 0.1) is 0 Å². The van der Waals surface area contributed by atoms with Crippen molar-refractivity contribution in [1.29, 1.82) is 0 Å². The number of rotatable bonds is 29. The first-order valence-electron chi connectivity index (χ1n) is 36.0. The molecule has 50 nitrogen and oxygen atoms in total. The van der Waals surface area contributed by atoms with Crippen molar-refractivity contribution in [2.24, 2.45) is 0 Å². The van der Waals surface area contributed by atoms with Gasteiger partial charge in [-0.25, -0.2) is 4.79 Å². The molecule has 9 heterocycles. The zero-order valence-corrected chi connectivity index (χ0v) is 60.8. The van der Waals surface area contributed by atoms with E-state index in [1.165, 1.54) is 13.8 Å². The van der Waals surface area contributed by atoms with E-state index in [0.29, 0.717) is 0 Å². The molecule has 29 N–H and O–H groups in total. The standard InChI is InChI=1S/C63H105N3O47/c1-14-30(77)38(85)44(91)57(99-14)111-52-40(87)33(80)21(8-68)102-60(52)108-47-24(11-71)104-56(29(37(47)84)66-18(5)74)110-51-35(82)25(105-59(46(51)93)107-48-23(10-70)101-54(94)43(90)42(48)89)12-97-55-28(65-17(4)73)36(83)49(109-61-53(41(88)34(81)22(9-69)103-61)112-58-45(92)39(86)31(78)15(2)100-58)26(106-55)13-98-63(62(95)96)6-19(75)27(64-16(3)72)50(113-63)32(79)20(76)7-67/h14-15,19-61,67-71,75-94H,6-13H2,1-5H3,(H,64,72)(H,65,73)(H,66,74)(H,95,96)/t14-,15-,19-,20+,21+,22+,23+,24+,25+,26+,27+,28+,29+,30+,31+,32+,33-,34-,35-,36+,37+,38+,39+,40-,41-,42+,43+,44-,45-,46+,47+,48+,49+,50+,51-,52+,53+,54+,55+,56-,57-,58-,59-,60-,61-,63+/m0/s1. The van der Waals surface area contributed by atoms with E-state index >= 15 is 0 Å². The quantitative estimate of drug-likeness (QED) is 0.0331. The molecule has 654 valence electrons. The topological polar surface area (TPSA) is 787 Å². The van der Waals surface area contributed by atoms with Crippen LogP contribution < -0.4 is 16.0 Å². The molecule has 0 aromatic carbocycles. The minimum absolute atomic E-state index is 0.882. The van der Waals surface area contributed by atoms with E-state index in [1.54, 1.807) is 0 Å². The predicted octanol–water partition coefficient (Wildman–Crippen LogP) is -18.9. The Balaban J connectivity index is 1.07. The highest BCUT2D eigenvalue weighted by Gasteiger charge is 2.62. The van der Waals surface area contributed by atoms with E-state index in [1.807, 2.05) is 0 Å². The number of aliphatic carboxylic acids is 1. The van der Waals surface area contributed by atoms with Crippen molar-refractivity contribution in [3.05, 3.63) is 0 Å². The molecule has 0 aromatic heterocycles. The molecule has 0 radical (unpaired) electrons. The van der Waals surface area contributed by atoms with Crippen molar-refractivity contribution in [2.45, 2.75) is 323 Å². The molecule has 0 bridgehead atoms. The van der Waals surface area contributed by atoms with E-state index in [0.717, 1.165) is 20.8 Å². The maximum Gasteiger partial charge on any atom is 0.364 e. The Kier molecular flexibility index (Phi) is 32.6. The van der Waals surface area contributed by atoms with E-state index < -0.39 is 358 Å². The van der Waals surface area contributed by atoms with Crippen LogP contribution in [0.25, 0.3) is 0 Å². The first-order valence-corrected chi connectivity index (χ1v) is 36.0. The van der Waals surface area contributed by atoms with Gasteiger partial charge in [0, 0.05) is 27.2 Å². The van der Waals surface area contributed by atoms with Crippen LogP contribution in [0.2, 0.25) is 0 Å². The van der Waals surface area contributed by atoms with Crippen LogP contribution in [-0.2, 0) is 99.7 Å². The number of carbonyl (C=O) groups excluding carboxylic acids is 3. The molecule has 9 rings (SSSR count). The monoisotopic (exact) mass is 1660 g/mol. The number of hydrogen-bond donors (Lipinski definition) is 29. The molecule has 9 saturated heterocycles. The summed E-state index contributed by atoms with van der Waals surface area (Å²) in [5.41, 5.74) is 0. The molecule has 46 atom stereocenters. The van der Waals surface area contributed by atoms with Gasteiger partial charge in [-0.05, 0) is 13.8 Å². The van der Waals surface area contributed by atoms with Crippen LogP contribution in [0.4, 0.5) is 0 Å². The van der Waals surface area contributed by atoms with Crippen molar-refractivity contribution in [3.8, 4) is 0 Å². The number of aliphatic hydroxyl groups excluding tert-OH is 25. The van der Waals surface area contributed by atoms with Gasteiger partial charge in [-0.15, -0.1) is 0 Å². The summed E-state index contributed by atoms with van der Waals surface area (Å²) in [4.78, 5) is 52.5. The minimum Gasteiger partial charge on any atom is -0.477 e. The van der Waals surface area contributed by atoms with Crippen molar-refractivity contribution in [3.63, 3.8) is 0 Å². The fraction of sp³-hybridized carbons (Fsp3) is 0.937. The Morgan fingerprint density at radius 1 is 0.381 bits per heavy atom. The number of carboxylic acids is 1. The largest absolute Gasteiger partial charge is 0.477 e. The average Bonchev–Trinajstić information content (AvgIpc) is 0.767. The number of carbonyl (C=O) groups is 4. The van der Waals surface area contributed by atoms with Gasteiger partial charge in [0.05, 0.1) is 70.6 Å². The van der Waals surface area contributed by atoms with Gasteiger partial charge in [0.1, 0.15) is 201 Å². The third kappa shape index (κ3) is 20.3. The summed E-state index contributed by atoms with van der Waals surface area (Å²) in [5, 5.41) is 295. The van der Waals surface area contributed by atoms with E-state index in [-0.39, 0.29) is 0 Å². The molecule has 0 aromatic rings. The highest BCUT2D eigenvalue weighted by molar-refractivity contribution is 5.77. The second-order valence-corrected chi connectivity index (χ2v) is 28.9. The maximum absolute atomic E-state index is 13.6. The van der Waals surface area contributed by atoms with Crippen LogP contribution in [-0.4, -0.2) is 484 Å². The van der Waals surface area contributed by atoms with Gasteiger partial charge in [0.2, 0.25) is 17.7 Å². The fourth-order valence-electron chi connectivity index (χ4n) is 14.5. The van der Waals surface area contributed by atoms with Crippen LogP contribution >= 0.6 is 0 Å². The molecule has 0 spiro atoms. The lowest BCUT2D eigenvalue weighted by molar-refractivity contribution is -0.394. The molecular weight excluding hydrogens is 1550 g/mol. The van der Waals surface area contributed by atoms with Crippen molar-refractivity contribution >= 4 is 23.7 Å². The average molecular weight is 1660 g/mol. The molecule has 9 fully saturated rings. The number of hydrogen-bond acceptors (Lipinski definition) is 46. The van der Waals surface area contributed by atoms with E-state index in [9.17, 15) is 152 Å². The Bertz CT molecular complexity index is 3040. The predicted molar refractivity (Wildman–Crippen MR) is 346 cm³/mol. The van der Waals surface area contributed by atoms with Crippen LogP contribution in [0.5, 0.6) is 0 Å². The molecule has 113 heavy (non-hydrogen) atoms. The first-order chi connectivity index (χ1) is 53.2. The summed E-state index contributed by atoms with van der Waals surface area (Å²) in [5.74, 6) is -8.35. The maximum atomic E-state index is 13.6. The fourth-order valence-corrected chi connectivity index (χ4v) is 14.5. The minimum atomic E-state index is -3.27. The number of amides is 3. The molecule has 9 aliphatic rings. The summed E-state index contributed by atoms with van der Waals surface area (Å²) in [7, 11) is 0. The van der Waals surface area contributed by atoms with Gasteiger partial charge in [-0.1, -0.05) is 0 Å². The van der Waals surface area contributed by atoms with Crippen LogP contribution in [0.1, 0.15) is 41.0 Å². The Labute approximate surface area is 639 Å². The first kappa shape index (κ1) is 93.1.